The van der Waals surface area contributed by atoms with Crippen LogP contribution >= 0.6 is 11.6 Å². The molecule has 1 fully saturated rings. The minimum Gasteiger partial charge on any atom is -0.444 e. The molecule has 1 aromatic rings. The molecule has 2 rings (SSSR count). The molecule has 0 bridgehead atoms. The van der Waals surface area contributed by atoms with Crippen LogP contribution in [0, 0.1) is 5.82 Å². The number of likely N-dealkylation sites (tertiary alicyclic amines) is 1. The number of alkyl carbamates (subject to hydrolysis) is 1. The topological polar surface area (TPSA) is 67.9 Å². The number of rotatable bonds is 2. The molecule has 6 nitrogen and oxygen atoms in total. The first-order valence-electron chi connectivity index (χ1n) is 8.65. The van der Waals surface area contributed by atoms with Gasteiger partial charge in [0.25, 0.3) is 0 Å². The third-order valence-corrected chi connectivity index (χ3v) is 4.09. The molecule has 1 aliphatic heterocycles. The van der Waals surface area contributed by atoms with Gasteiger partial charge in [0.1, 0.15) is 22.6 Å². The summed E-state index contributed by atoms with van der Waals surface area (Å²) < 4.78 is 24.6. The van der Waals surface area contributed by atoms with Crippen molar-refractivity contribution >= 4 is 23.8 Å². The van der Waals surface area contributed by atoms with Crippen LogP contribution in [0.5, 0.6) is 0 Å². The predicted octanol–water partition coefficient (Wildman–Crippen LogP) is 4.45. The van der Waals surface area contributed by atoms with Crippen LogP contribution in [0.15, 0.2) is 18.2 Å². The summed E-state index contributed by atoms with van der Waals surface area (Å²) in [5, 5.41) is 2.76. The first-order valence-corrected chi connectivity index (χ1v) is 9.03. The summed E-state index contributed by atoms with van der Waals surface area (Å²) in [4.78, 5) is 26.0. The highest BCUT2D eigenvalue weighted by Crippen LogP contribution is 2.35. The first kappa shape index (κ1) is 21.3. The molecule has 8 heteroatoms. The van der Waals surface area contributed by atoms with Crippen molar-refractivity contribution < 1.29 is 23.5 Å². The van der Waals surface area contributed by atoms with Crippen LogP contribution < -0.4 is 5.32 Å². The Bertz CT molecular complexity index is 734. The van der Waals surface area contributed by atoms with E-state index in [4.69, 9.17) is 21.1 Å². The van der Waals surface area contributed by atoms with Gasteiger partial charge in [-0.25, -0.2) is 14.0 Å². The van der Waals surface area contributed by atoms with Gasteiger partial charge < -0.3 is 19.7 Å². The Morgan fingerprint density at radius 3 is 2.15 bits per heavy atom. The number of benzene rings is 1. The molecule has 27 heavy (non-hydrogen) atoms. The zero-order valence-electron chi connectivity index (χ0n) is 16.5. The van der Waals surface area contributed by atoms with E-state index in [1.54, 1.807) is 47.6 Å². The molecule has 1 aromatic carbocycles. The molecule has 2 amide bonds. The third-order valence-electron chi connectivity index (χ3n) is 3.79. The van der Waals surface area contributed by atoms with Crippen molar-refractivity contribution in [2.24, 2.45) is 0 Å². The Labute approximate surface area is 163 Å². The van der Waals surface area contributed by atoms with Crippen LogP contribution in [0.4, 0.5) is 14.0 Å². The van der Waals surface area contributed by atoms with Gasteiger partial charge >= 0.3 is 12.2 Å². The number of nitrogens with zero attached hydrogens (tertiary/aromatic N) is 1. The standard InChI is InChI=1S/C19H26ClFN2O4/c1-17(2,3)26-15(24)22-19(12-7-8-13(20)14(21)9-12)10-23(11-19)16(25)27-18(4,5)6/h7-9H,10-11H2,1-6H3,(H,22,24). The number of carbonyl (C=O) groups is 2. The zero-order chi connectivity index (χ0) is 20.6. The Balaban J connectivity index is 2.22. The van der Waals surface area contributed by atoms with Gasteiger partial charge in [0.05, 0.1) is 18.1 Å². The molecule has 1 N–H and O–H groups in total. The van der Waals surface area contributed by atoms with Gasteiger partial charge in [-0.15, -0.1) is 0 Å². The Morgan fingerprint density at radius 1 is 1.11 bits per heavy atom. The maximum atomic E-state index is 14.0. The minimum absolute atomic E-state index is 0.0190. The summed E-state index contributed by atoms with van der Waals surface area (Å²) in [6.07, 6.45) is -1.15. The second-order valence-corrected chi connectivity index (χ2v) is 9.08. The van der Waals surface area contributed by atoms with E-state index in [0.717, 1.165) is 0 Å². The van der Waals surface area contributed by atoms with E-state index in [2.05, 4.69) is 5.32 Å². The monoisotopic (exact) mass is 400 g/mol. The number of ether oxygens (including phenoxy) is 2. The van der Waals surface area contributed by atoms with E-state index in [1.165, 1.54) is 17.0 Å². The molecule has 0 radical (unpaired) electrons. The zero-order valence-corrected chi connectivity index (χ0v) is 17.2. The summed E-state index contributed by atoms with van der Waals surface area (Å²) in [7, 11) is 0. The van der Waals surface area contributed by atoms with Crippen LogP contribution in [0.3, 0.4) is 0 Å². The fraction of sp³-hybridized carbons (Fsp3) is 0.579. The van der Waals surface area contributed by atoms with Crippen LogP contribution in [-0.4, -0.2) is 41.4 Å². The number of hydrogen-bond donors (Lipinski definition) is 1. The smallest absolute Gasteiger partial charge is 0.410 e. The van der Waals surface area contributed by atoms with Gasteiger partial charge in [0.15, 0.2) is 0 Å². The van der Waals surface area contributed by atoms with Crippen LogP contribution in [0.25, 0.3) is 0 Å². The Hall–Kier alpha value is -2.02. The first-order chi connectivity index (χ1) is 12.2. The summed E-state index contributed by atoms with van der Waals surface area (Å²) >= 11 is 5.76. The van der Waals surface area contributed by atoms with Crippen molar-refractivity contribution in [3.63, 3.8) is 0 Å². The minimum atomic E-state index is -0.981. The van der Waals surface area contributed by atoms with Gasteiger partial charge in [0.2, 0.25) is 0 Å². The number of halogens is 2. The summed E-state index contributed by atoms with van der Waals surface area (Å²) in [6.45, 7) is 10.8. The maximum Gasteiger partial charge on any atom is 0.410 e. The second-order valence-electron chi connectivity index (χ2n) is 8.67. The largest absolute Gasteiger partial charge is 0.444 e. The molecule has 0 unspecified atom stereocenters. The quantitative estimate of drug-likeness (QED) is 0.796. The third kappa shape index (κ3) is 5.48. The molecule has 0 aromatic heterocycles. The normalized spacial score (nSPS) is 16.4. The molecule has 0 spiro atoms. The molecule has 1 aliphatic rings. The SMILES string of the molecule is CC(C)(C)OC(=O)NC1(c2ccc(Cl)c(F)c2)CN(C(=O)OC(C)(C)C)C1. The lowest BCUT2D eigenvalue weighted by Crippen LogP contribution is -2.69. The number of amides is 2. The lowest BCUT2D eigenvalue weighted by Gasteiger charge is -2.50. The average molecular weight is 401 g/mol. The van der Waals surface area contributed by atoms with Crippen molar-refractivity contribution in [3.8, 4) is 0 Å². The predicted molar refractivity (Wildman–Crippen MR) is 100 cm³/mol. The van der Waals surface area contributed by atoms with Crippen molar-refractivity contribution in [1.29, 1.82) is 0 Å². The lowest BCUT2D eigenvalue weighted by atomic mass is 9.82. The van der Waals surface area contributed by atoms with E-state index < -0.39 is 34.7 Å². The second kappa shape index (κ2) is 7.19. The van der Waals surface area contributed by atoms with E-state index >= 15 is 0 Å². The highest BCUT2D eigenvalue weighted by molar-refractivity contribution is 6.30. The van der Waals surface area contributed by atoms with Crippen molar-refractivity contribution in [3.05, 3.63) is 34.6 Å². The fourth-order valence-corrected chi connectivity index (χ4v) is 2.81. The molecular weight excluding hydrogens is 375 g/mol. The van der Waals surface area contributed by atoms with Crippen LogP contribution in [-0.2, 0) is 15.0 Å². The van der Waals surface area contributed by atoms with Gasteiger partial charge in [-0.05, 0) is 59.2 Å². The molecule has 150 valence electrons. The average Bonchev–Trinajstić information content (AvgIpc) is 2.41. The van der Waals surface area contributed by atoms with E-state index in [-0.39, 0.29) is 18.1 Å². The number of carbonyl (C=O) groups excluding carboxylic acids is 2. The molecule has 0 saturated carbocycles. The maximum absolute atomic E-state index is 14.0. The molecular formula is C19H26ClFN2O4. The highest BCUT2D eigenvalue weighted by Gasteiger charge is 2.49. The Kier molecular flexibility index (Phi) is 5.66. The number of hydrogen-bond acceptors (Lipinski definition) is 4. The van der Waals surface area contributed by atoms with E-state index in [1.807, 2.05) is 0 Å². The van der Waals surface area contributed by atoms with Gasteiger partial charge in [-0.1, -0.05) is 17.7 Å². The fourth-order valence-electron chi connectivity index (χ4n) is 2.69. The van der Waals surface area contributed by atoms with E-state index in [9.17, 15) is 14.0 Å². The lowest BCUT2D eigenvalue weighted by molar-refractivity contribution is -0.0230. The molecule has 0 atom stereocenters. The van der Waals surface area contributed by atoms with Crippen LogP contribution in [0.2, 0.25) is 5.02 Å². The van der Waals surface area contributed by atoms with Gasteiger partial charge in [-0.2, -0.15) is 0 Å². The summed E-state index contributed by atoms with van der Waals surface area (Å²) in [5.74, 6) is -0.602. The van der Waals surface area contributed by atoms with Gasteiger partial charge in [0, 0.05) is 0 Å². The number of nitrogens with one attached hydrogen (secondary N) is 1. The molecule has 1 saturated heterocycles. The van der Waals surface area contributed by atoms with Crippen molar-refractivity contribution in [2.45, 2.75) is 58.3 Å². The molecule has 0 aliphatic carbocycles. The van der Waals surface area contributed by atoms with Crippen molar-refractivity contribution in [2.75, 3.05) is 13.1 Å². The van der Waals surface area contributed by atoms with E-state index in [0.29, 0.717) is 5.56 Å². The highest BCUT2D eigenvalue weighted by atomic mass is 35.5. The summed E-state index contributed by atoms with van der Waals surface area (Å²) in [5.41, 5.74) is -1.81. The summed E-state index contributed by atoms with van der Waals surface area (Å²) in [6, 6.07) is 4.29. The Morgan fingerprint density at radius 2 is 1.67 bits per heavy atom. The van der Waals surface area contributed by atoms with Crippen molar-refractivity contribution in [1.82, 2.24) is 10.2 Å². The van der Waals surface area contributed by atoms with Crippen LogP contribution in [0.1, 0.15) is 47.1 Å². The van der Waals surface area contributed by atoms with Gasteiger partial charge in [-0.3, -0.25) is 0 Å². The molecule has 1 heterocycles.